The van der Waals surface area contributed by atoms with Crippen molar-refractivity contribution in [3.63, 3.8) is 0 Å². The van der Waals surface area contributed by atoms with E-state index in [1.165, 1.54) is 0 Å². The van der Waals surface area contributed by atoms with Crippen molar-refractivity contribution in [1.29, 1.82) is 0 Å². The fourth-order valence-electron chi connectivity index (χ4n) is 3.22. The fraction of sp³-hybridized carbons (Fsp3) is 0.636. The Hall–Kier alpha value is -1.95. The number of nitrogens with zero attached hydrogens (tertiary/aromatic N) is 3. The third-order valence-electron chi connectivity index (χ3n) is 4.84. The van der Waals surface area contributed by atoms with Gasteiger partial charge in [0.2, 0.25) is 0 Å². The van der Waals surface area contributed by atoms with E-state index in [2.05, 4.69) is 20.5 Å². The van der Waals surface area contributed by atoms with Gasteiger partial charge < -0.3 is 29.7 Å². The van der Waals surface area contributed by atoms with Gasteiger partial charge in [0.05, 0.1) is 14.2 Å². The number of methoxy groups -OCH3 is 2. The van der Waals surface area contributed by atoms with E-state index in [9.17, 15) is 4.79 Å². The van der Waals surface area contributed by atoms with Gasteiger partial charge in [0, 0.05) is 51.5 Å². The number of hydrogen-bond donors (Lipinski definition) is 2. The molecule has 0 aliphatic carbocycles. The summed E-state index contributed by atoms with van der Waals surface area (Å²) in [7, 11) is 4.97. The minimum absolute atomic E-state index is 0. The summed E-state index contributed by atoms with van der Waals surface area (Å²) >= 11 is 0. The fourth-order valence-corrected chi connectivity index (χ4v) is 3.22. The van der Waals surface area contributed by atoms with Crippen molar-refractivity contribution < 1.29 is 19.0 Å². The van der Waals surface area contributed by atoms with Crippen LogP contribution in [-0.4, -0.2) is 88.0 Å². The molecule has 10 heteroatoms. The molecule has 0 saturated carbocycles. The molecule has 0 radical (unpaired) electrons. The Bertz CT molecular complexity index is 746. The van der Waals surface area contributed by atoms with E-state index in [0.29, 0.717) is 30.5 Å². The number of nitrogens with one attached hydrogen (secondary N) is 2. The standard InChI is InChI=1S/C22H37N5O4.HI/c1-22(2,3)31-21(28)27-14-12-26(13-15-27)11-7-10-24-20(23-4)25-17-8-9-18(29-5)19(16-17)30-6;/h8-9,16H,7,10-15H2,1-6H3,(H2,23,24,25);1H. The maximum Gasteiger partial charge on any atom is 0.410 e. The molecule has 1 amide bonds. The van der Waals surface area contributed by atoms with Crippen molar-refractivity contribution in [2.45, 2.75) is 32.8 Å². The second-order valence-electron chi connectivity index (χ2n) is 8.36. The first-order valence-electron chi connectivity index (χ1n) is 10.7. The molecule has 1 aliphatic heterocycles. The first-order valence-corrected chi connectivity index (χ1v) is 10.7. The van der Waals surface area contributed by atoms with Crippen LogP contribution >= 0.6 is 24.0 Å². The quantitative estimate of drug-likeness (QED) is 0.228. The summed E-state index contributed by atoms with van der Waals surface area (Å²) in [4.78, 5) is 20.6. The summed E-state index contributed by atoms with van der Waals surface area (Å²) in [6.07, 6.45) is 0.748. The van der Waals surface area contributed by atoms with Crippen LogP contribution in [0, 0.1) is 0 Å². The predicted molar refractivity (Wildman–Crippen MR) is 139 cm³/mol. The highest BCUT2D eigenvalue weighted by Gasteiger charge is 2.25. The van der Waals surface area contributed by atoms with Gasteiger partial charge in [-0.25, -0.2) is 4.79 Å². The number of hydrogen-bond acceptors (Lipinski definition) is 6. The van der Waals surface area contributed by atoms with Crippen molar-refractivity contribution in [2.75, 3.05) is 65.9 Å². The summed E-state index contributed by atoms with van der Waals surface area (Å²) in [5.41, 5.74) is 0.410. The minimum atomic E-state index is -0.455. The second-order valence-corrected chi connectivity index (χ2v) is 8.36. The summed E-state index contributed by atoms with van der Waals surface area (Å²) in [5.74, 6) is 2.04. The summed E-state index contributed by atoms with van der Waals surface area (Å²) in [6.45, 7) is 10.5. The molecule has 2 rings (SSSR count). The Morgan fingerprint density at radius 2 is 1.75 bits per heavy atom. The van der Waals surface area contributed by atoms with E-state index in [4.69, 9.17) is 14.2 Å². The van der Waals surface area contributed by atoms with Gasteiger partial charge in [-0.2, -0.15) is 0 Å². The van der Waals surface area contributed by atoms with Crippen LogP contribution in [0.15, 0.2) is 23.2 Å². The summed E-state index contributed by atoms with van der Waals surface area (Å²) in [5, 5.41) is 6.59. The van der Waals surface area contributed by atoms with Gasteiger partial charge in [-0.15, -0.1) is 24.0 Å². The maximum absolute atomic E-state index is 12.2. The molecule has 0 unspecified atom stereocenters. The third kappa shape index (κ3) is 9.27. The molecular weight excluding hydrogens is 525 g/mol. The van der Waals surface area contributed by atoms with E-state index in [1.54, 1.807) is 26.2 Å². The van der Waals surface area contributed by atoms with Gasteiger partial charge in [0.25, 0.3) is 0 Å². The number of amides is 1. The van der Waals surface area contributed by atoms with Crippen LogP contribution in [0.3, 0.4) is 0 Å². The molecule has 0 bridgehead atoms. The number of piperazine rings is 1. The first-order chi connectivity index (χ1) is 14.8. The van der Waals surface area contributed by atoms with Crippen LogP contribution < -0.4 is 20.1 Å². The highest BCUT2D eigenvalue weighted by Crippen LogP contribution is 2.29. The number of aliphatic imine (C=N–C) groups is 1. The monoisotopic (exact) mass is 563 g/mol. The van der Waals surface area contributed by atoms with Gasteiger partial charge in [-0.3, -0.25) is 9.89 Å². The lowest BCUT2D eigenvalue weighted by molar-refractivity contribution is 0.0145. The molecule has 1 aromatic carbocycles. The number of guanidine groups is 1. The van der Waals surface area contributed by atoms with Gasteiger partial charge in [-0.05, 0) is 45.9 Å². The molecule has 1 saturated heterocycles. The third-order valence-corrected chi connectivity index (χ3v) is 4.84. The molecule has 0 aromatic heterocycles. The first kappa shape index (κ1) is 28.1. The maximum atomic E-state index is 12.2. The minimum Gasteiger partial charge on any atom is -0.493 e. The lowest BCUT2D eigenvalue weighted by Crippen LogP contribution is -2.50. The Labute approximate surface area is 208 Å². The number of rotatable bonds is 7. The van der Waals surface area contributed by atoms with Crippen LogP contribution in [0.25, 0.3) is 0 Å². The van der Waals surface area contributed by atoms with Gasteiger partial charge in [-0.1, -0.05) is 0 Å². The van der Waals surface area contributed by atoms with Crippen molar-refractivity contribution in [2.24, 2.45) is 4.99 Å². The van der Waals surface area contributed by atoms with Crippen molar-refractivity contribution in [1.82, 2.24) is 15.1 Å². The van der Waals surface area contributed by atoms with Crippen LogP contribution in [-0.2, 0) is 4.74 Å². The topological polar surface area (TPSA) is 87.7 Å². The molecule has 1 aliphatic rings. The van der Waals surface area contributed by atoms with Crippen molar-refractivity contribution in [3.05, 3.63) is 18.2 Å². The molecule has 1 fully saturated rings. The van der Waals surface area contributed by atoms with E-state index >= 15 is 0 Å². The van der Waals surface area contributed by atoms with E-state index < -0.39 is 5.60 Å². The molecule has 182 valence electrons. The number of carbonyl (C=O) groups excluding carboxylic acids is 1. The Kier molecular flexibility index (Phi) is 11.9. The summed E-state index contributed by atoms with van der Waals surface area (Å²) in [6, 6.07) is 5.64. The highest BCUT2D eigenvalue weighted by molar-refractivity contribution is 14.0. The van der Waals surface area contributed by atoms with Gasteiger partial charge >= 0.3 is 6.09 Å². The number of carbonyl (C=O) groups is 1. The predicted octanol–water partition coefficient (Wildman–Crippen LogP) is 3.25. The average Bonchev–Trinajstić information content (AvgIpc) is 2.74. The van der Waals surface area contributed by atoms with Crippen LogP contribution in [0.2, 0.25) is 0 Å². The Balaban J connectivity index is 0.00000512. The van der Waals surface area contributed by atoms with Crippen molar-refractivity contribution in [3.8, 4) is 11.5 Å². The van der Waals surface area contributed by atoms with Gasteiger partial charge in [0.1, 0.15) is 5.60 Å². The zero-order valence-corrected chi connectivity index (χ0v) is 22.4. The molecule has 1 heterocycles. The number of halogens is 1. The van der Waals surface area contributed by atoms with Crippen LogP contribution in [0.4, 0.5) is 10.5 Å². The SMILES string of the molecule is CN=C(NCCCN1CCN(C(=O)OC(C)(C)C)CC1)Nc1ccc(OC)c(OC)c1.I. The van der Waals surface area contributed by atoms with Crippen molar-refractivity contribution >= 4 is 41.7 Å². The molecule has 9 nitrogen and oxygen atoms in total. The molecule has 1 aromatic rings. The largest absolute Gasteiger partial charge is 0.493 e. The Morgan fingerprint density at radius 1 is 1.09 bits per heavy atom. The Morgan fingerprint density at radius 3 is 2.31 bits per heavy atom. The lowest BCUT2D eigenvalue weighted by Gasteiger charge is -2.35. The molecule has 0 spiro atoms. The normalized spacial score (nSPS) is 14.9. The second kappa shape index (κ2) is 13.6. The number of anilines is 1. The molecule has 32 heavy (non-hydrogen) atoms. The van der Waals surface area contributed by atoms with Crippen LogP contribution in [0.1, 0.15) is 27.2 Å². The van der Waals surface area contributed by atoms with E-state index in [-0.39, 0.29) is 30.1 Å². The molecule has 2 N–H and O–H groups in total. The number of ether oxygens (including phenoxy) is 3. The average molecular weight is 563 g/mol. The number of benzene rings is 1. The van der Waals surface area contributed by atoms with Gasteiger partial charge in [0.15, 0.2) is 17.5 Å². The summed E-state index contributed by atoms with van der Waals surface area (Å²) < 4.78 is 16.1. The van der Waals surface area contributed by atoms with E-state index in [1.807, 2.05) is 39.0 Å². The highest BCUT2D eigenvalue weighted by atomic mass is 127. The smallest absolute Gasteiger partial charge is 0.410 e. The zero-order chi connectivity index (χ0) is 22.9. The molecule has 0 atom stereocenters. The zero-order valence-electron chi connectivity index (χ0n) is 20.1. The van der Waals surface area contributed by atoms with E-state index in [0.717, 1.165) is 38.3 Å². The molecular formula is C22H38IN5O4. The lowest BCUT2D eigenvalue weighted by atomic mass is 10.2. The van der Waals surface area contributed by atoms with Crippen LogP contribution in [0.5, 0.6) is 11.5 Å².